The van der Waals surface area contributed by atoms with E-state index in [0.29, 0.717) is 67.1 Å². The van der Waals surface area contributed by atoms with Gasteiger partial charge in [0.25, 0.3) is 0 Å². The number of carbonyl (C=O) groups excluding carboxylic acids is 1. The Kier molecular flexibility index (Phi) is 7.39. The molecule has 208 valence electrons. The number of alkyl halides is 3. The van der Waals surface area contributed by atoms with Crippen LogP contribution in [0.2, 0.25) is 0 Å². The van der Waals surface area contributed by atoms with Gasteiger partial charge >= 0.3 is 18.2 Å². The number of nitrogens with one attached hydrogen (secondary N) is 1. The lowest BCUT2D eigenvalue weighted by molar-refractivity contribution is -0.143. The van der Waals surface area contributed by atoms with Crippen molar-refractivity contribution in [3.8, 4) is 11.6 Å². The van der Waals surface area contributed by atoms with Crippen LogP contribution in [0.5, 0.6) is 11.6 Å². The molecule has 2 N–H and O–H groups in total. The van der Waals surface area contributed by atoms with Crippen LogP contribution in [-0.4, -0.2) is 49.6 Å². The molecule has 1 saturated heterocycles. The highest BCUT2D eigenvalue weighted by Crippen LogP contribution is 2.33. The average molecular weight is 558 g/mol. The van der Waals surface area contributed by atoms with Gasteiger partial charge in [0, 0.05) is 29.9 Å². The van der Waals surface area contributed by atoms with Gasteiger partial charge in [0.2, 0.25) is 5.88 Å². The maximum atomic E-state index is 13.6. The van der Waals surface area contributed by atoms with Crippen LogP contribution in [0.4, 0.5) is 28.0 Å². The fraction of sp³-hybridized carbons (Fsp3) is 0.259. The summed E-state index contributed by atoms with van der Waals surface area (Å²) in [4.78, 5) is 34.5. The van der Waals surface area contributed by atoms with E-state index >= 15 is 0 Å². The zero-order valence-electron chi connectivity index (χ0n) is 20.9. The first kappa shape index (κ1) is 27.1. The van der Waals surface area contributed by atoms with Crippen LogP contribution in [0, 0.1) is 11.7 Å². The number of carboxylic acid groups (broad SMARTS) is 1. The molecule has 2 aromatic carbocycles. The highest BCUT2D eigenvalue weighted by Gasteiger charge is 2.34. The van der Waals surface area contributed by atoms with Crippen LogP contribution in [0.15, 0.2) is 61.1 Å². The monoisotopic (exact) mass is 557 g/mol. The molecule has 0 bridgehead atoms. The van der Waals surface area contributed by atoms with Gasteiger partial charge in [0.1, 0.15) is 17.9 Å². The number of nitrogens with zero attached hydrogens (tertiary/aromatic N) is 4. The Morgan fingerprint density at radius 1 is 1.05 bits per heavy atom. The summed E-state index contributed by atoms with van der Waals surface area (Å²) in [5.74, 6) is -1.77. The number of hydrogen-bond donors (Lipinski definition) is 2. The van der Waals surface area contributed by atoms with Gasteiger partial charge in [-0.25, -0.2) is 19.2 Å². The second-order valence-corrected chi connectivity index (χ2v) is 9.37. The minimum absolute atomic E-state index is 0.202. The van der Waals surface area contributed by atoms with Crippen LogP contribution < -0.4 is 10.1 Å². The number of carboxylic acids is 1. The van der Waals surface area contributed by atoms with Gasteiger partial charge < -0.3 is 15.2 Å². The predicted molar refractivity (Wildman–Crippen MR) is 135 cm³/mol. The quantitative estimate of drug-likeness (QED) is 0.290. The Bertz CT molecular complexity index is 1560. The van der Waals surface area contributed by atoms with Crippen LogP contribution in [-0.2, 0) is 17.5 Å². The van der Waals surface area contributed by atoms with Crippen LogP contribution >= 0.6 is 0 Å². The molecule has 13 heteroatoms. The first-order chi connectivity index (χ1) is 19.1. The second kappa shape index (κ2) is 10.9. The zero-order valence-corrected chi connectivity index (χ0v) is 20.9. The number of anilines is 1. The van der Waals surface area contributed by atoms with Crippen molar-refractivity contribution in [2.75, 3.05) is 18.4 Å². The van der Waals surface area contributed by atoms with Gasteiger partial charge in [-0.3, -0.25) is 14.3 Å². The van der Waals surface area contributed by atoms with Gasteiger partial charge in [-0.2, -0.15) is 13.2 Å². The third-order valence-corrected chi connectivity index (χ3v) is 6.65. The van der Waals surface area contributed by atoms with Gasteiger partial charge in [0.05, 0.1) is 22.7 Å². The normalized spacial score (nSPS) is 14.8. The topological polar surface area (TPSA) is 110 Å². The molecule has 9 nitrogen and oxygen atoms in total. The largest absolute Gasteiger partial charge is 0.481 e. The molecule has 1 aliphatic rings. The van der Waals surface area contributed by atoms with Crippen molar-refractivity contribution >= 4 is 28.6 Å². The Balaban J connectivity index is 1.25. The molecular weight excluding hydrogens is 534 g/mol. The van der Waals surface area contributed by atoms with Crippen molar-refractivity contribution in [2.45, 2.75) is 25.6 Å². The number of ether oxygens (including phenoxy) is 1. The van der Waals surface area contributed by atoms with E-state index in [1.54, 1.807) is 30.3 Å². The minimum Gasteiger partial charge on any atom is -0.481 e. The molecule has 0 atom stereocenters. The molecule has 1 amide bonds. The number of amides is 1. The molecule has 0 radical (unpaired) electrons. The maximum absolute atomic E-state index is 13.6. The number of likely N-dealkylation sites (tertiary alicyclic amines) is 1. The first-order valence-corrected chi connectivity index (χ1v) is 12.3. The summed E-state index contributed by atoms with van der Waals surface area (Å²) < 4.78 is 59.7. The van der Waals surface area contributed by atoms with E-state index in [4.69, 9.17) is 9.84 Å². The fourth-order valence-electron chi connectivity index (χ4n) is 4.57. The Hall–Kier alpha value is -4.52. The molecule has 0 spiro atoms. The van der Waals surface area contributed by atoms with Crippen LogP contribution in [0.3, 0.4) is 0 Å². The lowest BCUT2D eigenvalue weighted by Gasteiger charge is -2.29. The highest BCUT2D eigenvalue weighted by atomic mass is 19.4. The molecule has 5 rings (SSSR count). The lowest BCUT2D eigenvalue weighted by Crippen LogP contribution is -2.36. The number of carbonyl (C=O) groups is 2. The SMILES string of the molecule is O=C(O)C1CCN(Cc2cc(Oc3ccc4c(ccn4C(=O)Nc4ccc(F)c(C(F)(F)F)c4)c3)ncn2)CC1. The molecular formula is C27H23F4N5O4. The van der Waals surface area contributed by atoms with Gasteiger partial charge in [-0.1, -0.05) is 0 Å². The molecule has 2 aromatic heterocycles. The molecule has 40 heavy (non-hydrogen) atoms. The maximum Gasteiger partial charge on any atom is 0.419 e. The number of aromatic nitrogens is 3. The van der Waals surface area contributed by atoms with Gasteiger partial charge in [-0.15, -0.1) is 0 Å². The Morgan fingerprint density at radius 3 is 2.55 bits per heavy atom. The summed E-state index contributed by atoms with van der Waals surface area (Å²) in [6.45, 7) is 1.84. The average Bonchev–Trinajstić information content (AvgIpc) is 3.33. The number of aliphatic carboxylic acids is 1. The number of rotatable bonds is 6. The summed E-state index contributed by atoms with van der Waals surface area (Å²) in [5, 5.41) is 12.1. The van der Waals surface area contributed by atoms with E-state index in [1.807, 2.05) is 0 Å². The molecule has 0 unspecified atom stereocenters. The second-order valence-electron chi connectivity index (χ2n) is 9.37. The number of halogens is 4. The predicted octanol–water partition coefficient (Wildman–Crippen LogP) is 5.76. The standard InChI is InChI=1S/C27H23F4N5O4/c28-22-3-1-18(12-21(22)27(29,30)31)34-26(39)36-10-7-17-11-20(2-4-23(17)36)40-24-13-19(32-15-33-24)14-35-8-5-16(6-9-35)25(37)38/h1-4,7,10-13,15-16H,5-6,8-9,14H2,(H,34,39)(H,37,38). The van der Waals surface area contributed by atoms with Crippen LogP contribution in [0.25, 0.3) is 10.9 Å². The molecule has 0 aliphatic carbocycles. The Labute approximate surface area is 225 Å². The molecule has 3 heterocycles. The summed E-state index contributed by atoms with van der Waals surface area (Å²) in [6, 6.07) is 9.76. The van der Waals surface area contributed by atoms with E-state index in [-0.39, 0.29) is 11.6 Å². The Morgan fingerprint density at radius 2 is 1.82 bits per heavy atom. The van der Waals surface area contributed by atoms with Crippen molar-refractivity contribution in [2.24, 2.45) is 5.92 Å². The minimum atomic E-state index is -4.90. The van der Waals surface area contributed by atoms with Crippen molar-refractivity contribution < 1.29 is 37.0 Å². The zero-order chi connectivity index (χ0) is 28.4. The third kappa shape index (κ3) is 6.04. The van der Waals surface area contributed by atoms with Gasteiger partial charge in [-0.05, 0) is 68.4 Å². The van der Waals surface area contributed by atoms with Crippen molar-refractivity contribution in [1.82, 2.24) is 19.4 Å². The van der Waals surface area contributed by atoms with Crippen LogP contribution in [0.1, 0.15) is 24.1 Å². The third-order valence-electron chi connectivity index (χ3n) is 6.65. The van der Waals surface area contributed by atoms with Gasteiger partial charge in [0.15, 0.2) is 0 Å². The summed E-state index contributed by atoms with van der Waals surface area (Å²) in [5.41, 5.74) is -0.486. The molecule has 4 aromatic rings. The van der Waals surface area contributed by atoms with Crippen molar-refractivity contribution in [3.05, 3.63) is 78.1 Å². The van der Waals surface area contributed by atoms with E-state index in [0.717, 1.165) is 11.8 Å². The highest BCUT2D eigenvalue weighted by molar-refractivity contribution is 5.98. The summed E-state index contributed by atoms with van der Waals surface area (Å²) in [6.07, 6.45) is -0.896. The lowest BCUT2D eigenvalue weighted by atomic mass is 9.97. The summed E-state index contributed by atoms with van der Waals surface area (Å²) >= 11 is 0. The molecule has 0 saturated carbocycles. The van der Waals surface area contributed by atoms with E-state index in [9.17, 15) is 27.2 Å². The summed E-state index contributed by atoms with van der Waals surface area (Å²) in [7, 11) is 0. The first-order valence-electron chi connectivity index (χ1n) is 12.3. The number of piperidine rings is 1. The van der Waals surface area contributed by atoms with Crippen molar-refractivity contribution in [3.63, 3.8) is 0 Å². The molecule has 1 fully saturated rings. The van der Waals surface area contributed by atoms with E-state index in [1.165, 1.54) is 17.1 Å². The van der Waals surface area contributed by atoms with Crippen molar-refractivity contribution in [1.29, 1.82) is 0 Å². The van der Waals surface area contributed by atoms with E-state index < -0.39 is 29.6 Å². The number of hydrogen-bond acceptors (Lipinski definition) is 6. The molecule has 1 aliphatic heterocycles. The number of fused-ring (bicyclic) bond motifs is 1. The number of benzene rings is 2. The van der Waals surface area contributed by atoms with E-state index in [2.05, 4.69) is 20.2 Å². The smallest absolute Gasteiger partial charge is 0.419 e. The fourth-order valence-corrected chi connectivity index (χ4v) is 4.57.